The molecule has 0 unspecified atom stereocenters. The second-order valence-corrected chi connectivity index (χ2v) is 37.8. The van der Waals surface area contributed by atoms with Crippen LogP contribution < -0.4 is 128 Å². The van der Waals surface area contributed by atoms with Crippen molar-refractivity contribution in [1.29, 1.82) is 0 Å². The van der Waals surface area contributed by atoms with Gasteiger partial charge in [-0.2, -0.15) is 0 Å². The van der Waals surface area contributed by atoms with Gasteiger partial charge in [0.2, 0.25) is 0 Å². The SMILES string of the molecule is BrB(Br)Br.Brc1ccc2c(c1)oc1cc3ccccc3cc12.C.CN=P.COc1cc2ccccc2cc1-c1ccc(Br)cc1F.COc1cc2ccccc2cc1B(O)O.ClCCl.Fc1cc(Br)ccc1I.I.O=CO[O-].OB(O)I.OB(O)c1ccc2c(c1)oc1cc3ccccc3cc12.Oc1cc2ccccc2cc1-c1ccc(Br)cc1F.[H-].[K+].[K+]. The number of nitrogens with zero attached hydrogens (tertiary/aromatic N) is 1. The number of rotatable bonds is 7. The van der Waals surface area contributed by atoms with Gasteiger partial charge in [-0.25, -0.2) is 13.2 Å². The first-order valence-electron chi connectivity index (χ1n) is 34.5. The minimum atomic E-state index is -1.51. The van der Waals surface area contributed by atoms with Crippen molar-refractivity contribution >= 4 is 350 Å². The number of carbonyl (C=O) groups excluding carboxylic acids is 1. The van der Waals surface area contributed by atoms with Crippen molar-refractivity contribution in [2.45, 2.75) is 7.43 Å². The number of fused-ring (bicyclic) bond motifs is 11. The van der Waals surface area contributed by atoms with E-state index in [1.165, 1.54) is 69.2 Å². The molecule has 17 rings (SSSR count). The Bertz CT molecular complexity index is 6270. The number of phenolic OH excluding ortho intramolecular Hbond substituents is 1. The van der Waals surface area contributed by atoms with Gasteiger partial charge in [0.1, 0.15) is 57.0 Å². The first-order valence-corrected chi connectivity index (χ1v) is 44.2. The van der Waals surface area contributed by atoms with E-state index >= 15 is 0 Å². The molecule has 17 aromatic rings. The minimum absolute atomic E-state index is 0. The number of halogens is 15. The maximum Gasteiger partial charge on any atom is 1.00 e. The fourth-order valence-corrected chi connectivity index (χ4v) is 13.3. The molecular weight excluding hydrogens is 2490 g/mol. The summed E-state index contributed by atoms with van der Waals surface area (Å²) in [5.41, 5.74) is 6.36. The Morgan fingerprint density at radius 1 is 0.463 bits per heavy atom. The van der Waals surface area contributed by atoms with E-state index < -0.39 is 19.2 Å². The normalized spacial score (nSPS) is 9.82. The Hall–Kier alpha value is -2.66. The van der Waals surface area contributed by atoms with Gasteiger partial charge in [0, 0.05) is 77.8 Å². The number of ether oxygens (including phenoxy) is 2. The Morgan fingerprint density at radius 2 is 0.764 bits per heavy atom. The molecule has 0 fully saturated rings. The Labute approximate surface area is 911 Å². The van der Waals surface area contributed by atoms with Gasteiger partial charge < -0.3 is 65.1 Å². The smallest absolute Gasteiger partial charge is 1.00 e. The van der Waals surface area contributed by atoms with E-state index in [-0.39, 0.29) is 174 Å². The molecule has 0 aliphatic heterocycles. The Balaban J connectivity index is 0.000000485. The maximum absolute atomic E-state index is 14.2. The molecule has 7 N–H and O–H groups in total. The zero-order valence-corrected chi connectivity index (χ0v) is 91.2. The molecule has 0 aliphatic carbocycles. The molecular formula is C86H71B4Br7Cl2F3I3K2NO14P. The molecule has 0 radical (unpaired) electrons. The zero-order chi connectivity index (χ0) is 87.0. The summed E-state index contributed by atoms with van der Waals surface area (Å²) >= 11 is 35.4. The molecule has 0 saturated carbocycles. The van der Waals surface area contributed by atoms with Crippen LogP contribution >= 0.6 is 212 Å². The van der Waals surface area contributed by atoms with Crippen LogP contribution in [0, 0.1) is 21.0 Å². The molecule has 123 heavy (non-hydrogen) atoms. The molecule has 0 bridgehead atoms. The van der Waals surface area contributed by atoms with Crippen molar-refractivity contribution in [2.24, 2.45) is 4.74 Å². The van der Waals surface area contributed by atoms with E-state index in [0.717, 1.165) is 89.6 Å². The summed E-state index contributed by atoms with van der Waals surface area (Å²) in [4.78, 5) is 10.1. The summed E-state index contributed by atoms with van der Waals surface area (Å²) in [6.07, 6.45) is 0. The Morgan fingerprint density at radius 3 is 1.13 bits per heavy atom. The van der Waals surface area contributed by atoms with E-state index in [1.54, 1.807) is 74.8 Å². The predicted octanol–water partition coefficient (Wildman–Crippen LogP) is 19.9. The quantitative estimate of drug-likeness (QED) is 0.0115. The second kappa shape index (κ2) is 59.7. The van der Waals surface area contributed by atoms with Crippen LogP contribution in [0.4, 0.5) is 13.2 Å². The first kappa shape index (κ1) is 115. The van der Waals surface area contributed by atoms with E-state index in [0.29, 0.717) is 52.7 Å². The minimum Gasteiger partial charge on any atom is -1.00 e. The number of hydrogen-bond donors (Lipinski definition) is 7. The topological polar surface area (TPSA) is 248 Å². The summed E-state index contributed by atoms with van der Waals surface area (Å²) in [7, 11) is 4.59. The molecule has 15 nitrogen and oxygen atoms in total. The van der Waals surface area contributed by atoms with Gasteiger partial charge in [0.05, 0.1) is 19.6 Å². The second-order valence-electron chi connectivity index (χ2n) is 24.2. The van der Waals surface area contributed by atoms with Crippen LogP contribution in [0.25, 0.3) is 120 Å². The van der Waals surface area contributed by atoms with Crippen LogP contribution in [0.5, 0.6) is 17.2 Å². The van der Waals surface area contributed by atoms with Crippen LogP contribution in [0.1, 0.15) is 8.85 Å². The van der Waals surface area contributed by atoms with Crippen molar-refractivity contribution < 1.29 is 186 Å². The number of alkyl halides is 2. The molecule has 0 saturated heterocycles. The molecule has 0 atom stereocenters. The number of benzene rings is 15. The average molecular weight is 2560 g/mol. The number of aromatic hydroxyl groups is 1. The summed E-state index contributed by atoms with van der Waals surface area (Å²) in [6, 6.07) is 85.3. The monoisotopic (exact) mass is 2550 g/mol. The van der Waals surface area contributed by atoms with E-state index in [9.17, 15) is 38.4 Å². The summed E-state index contributed by atoms with van der Waals surface area (Å²) in [6.45, 7) is -0.181. The van der Waals surface area contributed by atoms with Gasteiger partial charge in [0.15, 0.2) is 0 Å². The first-order chi connectivity index (χ1) is 57.0. The number of phenols is 1. The van der Waals surface area contributed by atoms with Crippen LogP contribution in [0.3, 0.4) is 0 Å². The van der Waals surface area contributed by atoms with Gasteiger partial charge >= 0.3 is 125 Å². The molecule has 15 aromatic carbocycles. The van der Waals surface area contributed by atoms with Gasteiger partial charge in [0.25, 0.3) is 6.47 Å². The van der Waals surface area contributed by atoms with Crippen molar-refractivity contribution in [2.75, 3.05) is 26.6 Å². The van der Waals surface area contributed by atoms with Crippen molar-refractivity contribution in [3.8, 4) is 39.5 Å². The largest absolute Gasteiger partial charge is 1.00 e. The standard InChI is InChI=1S/C17H12BrFO.C16H11BO3.C16H10BrFO.C16H9BrO.C11H11BO3.C6H3BrFI.CH2Cl2.CH4NP.CH2O3.CH4.BBr3.BH2IO2.HI.2K.H/c1-20-17-9-12-5-3-2-4-11(12)8-15(17)14-7-6-13(18)10-16(14)19;18-17(19)12-5-6-13-14-7-10-3-1-2-4-11(10)8-15(14)20-16(13)9-12;17-12-5-6-13(15(18)9-12)14-7-10-3-1-2-4-11(10)8-16(14)19;17-12-5-6-13-14-7-10-3-1-2-4-11(10)8-15(14)18-16(13)9-12;1-15-11-7-9-5-3-2-4-8(9)6-10(11)12(13)14;7-4-1-2-6(9)5(8)3-4;2-1-3;1-2-3;2-1-4-3;;2*2-1(3)4;;;;/h2-10H,1H3;1-9,18-19H;1-9,19H;1-9H;2-7,13-14H,1H3;1-3H;1H2;3H,1H3;1,3H;1H4;;3-4H;1H;;;/q;;;;;;;;;;;;;2*+1;-1/p-1. The Kier molecular flexibility index (Phi) is 55.6. The van der Waals surface area contributed by atoms with Gasteiger partial charge in [-0.05, 0) is 212 Å². The third-order valence-electron chi connectivity index (χ3n) is 16.6. The summed E-state index contributed by atoms with van der Waals surface area (Å²) < 4.78 is 70.4. The molecule has 0 amide bonds. The van der Waals surface area contributed by atoms with E-state index in [2.05, 4.69) is 178 Å². The van der Waals surface area contributed by atoms with Gasteiger partial charge in [-0.15, -0.1) is 94.4 Å². The molecule has 2 aromatic heterocycles. The van der Waals surface area contributed by atoms with Crippen LogP contribution in [-0.4, -0.2) is 90.7 Å². The van der Waals surface area contributed by atoms with Gasteiger partial charge in [-0.3, -0.25) is 9.54 Å². The van der Waals surface area contributed by atoms with Crippen molar-refractivity contribution in [3.63, 3.8) is 0 Å². The fourth-order valence-electron chi connectivity index (χ4n) is 11.6. The number of methoxy groups -OCH3 is 2. The van der Waals surface area contributed by atoms with Crippen LogP contribution in [-0.2, 0) is 9.68 Å². The van der Waals surface area contributed by atoms with E-state index in [4.69, 9.17) is 61.6 Å². The summed E-state index contributed by atoms with van der Waals surface area (Å²) in [5.74, 6) is 0.437. The molecule has 2 heterocycles. The number of carbonyl (C=O) groups is 1. The summed E-state index contributed by atoms with van der Waals surface area (Å²) in [5, 5.41) is 85.8. The van der Waals surface area contributed by atoms with E-state index in [1.807, 2.05) is 168 Å². The predicted molar refractivity (Wildman–Crippen MR) is 550 cm³/mol. The van der Waals surface area contributed by atoms with Gasteiger partial charge in [-0.1, -0.05) is 245 Å². The van der Waals surface area contributed by atoms with Crippen LogP contribution in [0.15, 0.2) is 304 Å². The average Bonchev–Trinajstić information content (AvgIpc) is 1.58. The van der Waals surface area contributed by atoms with Crippen molar-refractivity contribution in [3.05, 3.63) is 312 Å². The third kappa shape index (κ3) is 35.8. The third-order valence-corrected chi connectivity index (χ3v) is 19.5. The molecule has 628 valence electrons. The van der Waals surface area contributed by atoms with Crippen LogP contribution in [0.2, 0.25) is 0 Å². The molecule has 0 spiro atoms. The number of hydrogen-bond acceptors (Lipinski definition) is 15. The number of furan rings is 2. The molecule has 37 heteroatoms. The van der Waals surface area contributed by atoms with Crippen molar-refractivity contribution in [1.82, 2.24) is 0 Å². The fraction of sp³-hybridized carbons (Fsp3) is 0.0581. The molecule has 0 aliphatic rings. The zero-order valence-electron chi connectivity index (χ0n) is 65.7. The maximum atomic E-state index is 14.2.